The van der Waals surface area contributed by atoms with Crippen molar-refractivity contribution in [3.63, 3.8) is 0 Å². The zero-order valence-electron chi connectivity index (χ0n) is 13.7. The first-order chi connectivity index (χ1) is 12.3. The Morgan fingerprint density at radius 2 is 2.28 bits per heavy atom. The zero-order valence-corrected chi connectivity index (χ0v) is 14.5. The fourth-order valence-corrected chi connectivity index (χ4v) is 4.23. The maximum absolute atomic E-state index is 12.8. The summed E-state index contributed by atoms with van der Waals surface area (Å²) >= 11 is 1.93. The predicted molar refractivity (Wildman–Crippen MR) is 98.0 cm³/mol. The molecule has 0 radical (unpaired) electrons. The molecule has 0 bridgehead atoms. The van der Waals surface area contributed by atoms with Gasteiger partial charge in [-0.25, -0.2) is 0 Å². The Morgan fingerprint density at radius 1 is 1.36 bits per heavy atom. The van der Waals surface area contributed by atoms with E-state index in [1.54, 1.807) is 23.2 Å². The van der Waals surface area contributed by atoms with Crippen LogP contribution in [0.4, 0.5) is 5.82 Å². The largest absolute Gasteiger partial charge is 0.454 e. The van der Waals surface area contributed by atoms with Crippen molar-refractivity contribution in [2.45, 2.75) is 18.1 Å². The fraction of sp³-hybridized carbons (Fsp3) is 0.333. The van der Waals surface area contributed by atoms with Crippen LogP contribution in [-0.2, 0) is 4.79 Å². The molecule has 2 aliphatic heterocycles. The lowest BCUT2D eigenvalue weighted by molar-refractivity contribution is -0.114. The van der Waals surface area contributed by atoms with Gasteiger partial charge in [0, 0.05) is 23.9 Å². The number of nitrogens with one attached hydrogen (secondary N) is 1. The quantitative estimate of drug-likeness (QED) is 0.833. The monoisotopic (exact) mass is 357 g/mol. The van der Waals surface area contributed by atoms with Crippen molar-refractivity contribution in [3.05, 3.63) is 42.1 Å². The Morgan fingerprint density at radius 3 is 3.08 bits per heavy atom. The summed E-state index contributed by atoms with van der Waals surface area (Å²) in [7, 11) is 0. The summed E-state index contributed by atoms with van der Waals surface area (Å²) in [6.07, 6.45) is 7.42. The van der Waals surface area contributed by atoms with Crippen molar-refractivity contribution < 1.29 is 14.3 Å². The highest BCUT2D eigenvalue weighted by Gasteiger charge is 2.23. The van der Waals surface area contributed by atoms with E-state index < -0.39 is 0 Å². The van der Waals surface area contributed by atoms with Crippen LogP contribution in [0.1, 0.15) is 18.4 Å². The number of benzene rings is 1. The van der Waals surface area contributed by atoms with Gasteiger partial charge in [0.05, 0.1) is 6.20 Å². The molecule has 1 unspecified atom stereocenters. The highest BCUT2D eigenvalue weighted by molar-refractivity contribution is 8.00. The number of rotatable bonds is 5. The second-order valence-electron chi connectivity index (χ2n) is 5.97. The van der Waals surface area contributed by atoms with E-state index in [4.69, 9.17) is 9.47 Å². The van der Waals surface area contributed by atoms with Gasteiger partial charge in [-0.05, 0) is 42.4 Å². The van der Waals surface area contributed by atoms with Crippen LogP contribution < -0.4 is 14.4 Å². The third-order valence-corrected chi connectivity index (χ3v) is 5.65. The van der Waals surface area contributed by atoms with Gasteiger partial charge in [-0.1, -0.05) is 6.07 Å². The lowest BCUT2D eigenvalue weighted by Gasteiger charge is -2.22. The second-order valence-corrected chi connectivity index (χ2v) is 7.38. The first kappa shape index (κ1) is 16.1. The molecular formula is C18H19N3O3S. The molecule has 25 heavy (non-hydrogen) atoms. The summed E-state index contributed by atoms with van der Waals surface area (Å²) < 4.78 is 10.7. The van der Waals surface area contributed by atoms with Gasteiger partial charge in [0.1, 0.15) is 5.82 Å². The van der Waals surface area contributed by atoms with Crippen LogP contribution >= 0.6 is 11.8 Å². The lowest BCUT2D eigenvalue weighted by Crippen LogP contribution is -2.35. The Hall–Kier alpha value is -2.41. The number of hydrogen-bond donors (Lipinski definition) is 1. The molecule has 0 aliphatic carbocycles. The Labute approximate surface area is 150 Å². The summed E-state index contributed by atoms with van der Waals surface area (Å²) in [6.45, 7) is 0.936. The van der Waals surface area contributed by atoms with E-state index in [1.165, 1.54) is 12.2 Å². The average Bonchev–Trinajstić information content (AvgIpc) is 3.39. The number of carbonyl (C=O) groups is 1. The molecule has 1 saturated heterocycles. The number of anilines is 1. The van der Waals surface area contributed by atoms with E-state index in [2.05, 4.69) is 10.2 Å². The number of fused-ring (bicyclic) bond motifs is 1. The first-order valence-corrected chi connectivity index (χ1v) is 9.35. The highest BCUT2D eigenvalue weighted by Crippen LogP contribution is 2.33. The second kappa shape index (κ2) is 7.23. The molecule has 1 aromatic heterocycles. The molecule has 0 saturated carbocycles. The van der Waals surface area contributed by atoms with Gasteiger partial charge in [0.25, 0.3) is 5.91 Å². The van der Waals surface area contributed by atoms with Crippen LogP contribution in [0.2, 0.25) is 0 Å². The summed E-state index contributed by atoms with van der Waals surface area (Å²) in [5, 5.41) is 7.36. The normalized spacial score (nSPS) is 18.8. The molecule has 6 nitrogen and oxygen atoms in total. The van der Waals surface area contributed by atoms with Gasteiger partial charge in [-0.3, -0.25) is 14.8 Å². The Balaban J connectivity index is 1.49. The number of ether oxygens (including phenoxy) is 2. The highest BCUT2D eigenvalue weighted by atomic mass is 32.2. The van der Waals surface area contributed by atoms with Crippen molar-refractivity contribution in [2.75, 3.05) is 24.0 Å². The number of H-pyrrole nitrogens is 1. The molecule has 2 aliphatic rings. The minimum Gasteiger partial charge on any atom is -0.454 e. The van der Waals surface area contributed by atoms with Gasteiger partial charge in [-0.2, -0.15) is 16.9 Å². The summed E-state index contributed by atoms with van der Waals surface area (Å²) in [5.74, 6) is 3.29. The zero-order chi connectivity index (χ0) is 17.1. The number of hydrogen-bond acceptors (Lipinski definition) is 5. The number of aromatic nitrogens is 2. The average molecular weight is 357 g/mol. The molecule has 1 aromatic carbocycles. The molecular weight excluding hydrogens is 338 g/mol. The van der Waals surface area contributed by atoms with Crippen LogP contribution in [0.3, 0.4) is 0 Å². The fourth-order valence-electron chi connectivity index (χ4n) is 2.97. The van der Waals surface area contributed by atoms with Gasteiger partial charge >= 0.3 is 0 Å². The van der Waals surface area contributed by atoms with E-state index in [-0.39, 0.29) is 12.7 Å². The number of amides is 1. The Bertz CT molecular complexity index is 770. The maximum atomic E-state index is 12.8. The smallest absolute Gasteiger partial charge is 0.252 e. The number of nitrogens with zero attached hydrogens (tertiary/aromatic N) is 2. The minimum atomic E-state index is -0.0607. The summed E-state index contributed by atoms with van der Waals surface area (Å²) in [6, 6.07) is 7.46. The van der Waals surface area contributed by atoms with Crippen LogP contribution in [0.25, 0.3) is 6.08 Å². The third kappa shape index (κ3) is 3.66. The summed E-state index contributed by atoms with van der Waals surface area (Å²) in [5.41, 5.74) is 0.900. The van der Waals surface area contributed by atoms with E-state index >= 15 is 0 Å². The standard InChI is InChI=1S/C18H19N3O3S/c22-18(6-4-13-3-5-15-16(10-13)24-12-23-15)21(17-7-8-19-20-17)11-14-2-1-9-25-14/h3-8,10,14H,1-2,9,11-12H2,(H,19,20). The molecule has 4 rings (SSSR count). The van der Waals surface area contributed by atoms with Crippen LogP contribution in [0.5, 0.6) is 11.5 Å². The van der Waals surface area contributed by atoms with Gasteiger partial charge in [0.2, 0.25) is 6.79 Å². The molecule has 3 heterocycles. The molecule has 1 fully saturated rings. The van der Waals surface area contributed by atoms with Gasteiger partial charge in [-0.15, -0.1) is 0 Å². The first-order valence-electron chi connectivity index (χ1n) is 8.30. The molecule has 130 valence electrons. The number of carbonyl (C=O) groups excluding carboxylic acids is 1. The predicted octanol–water partition coefficient (Wildman–Crippen LogP) is 3.08. The van der Waals surface area contributed by atoms with Crippen molar-refractivity contribution in [3.8, 4) is 11.5 Å². The topological polar surface area (TPSA) is 67.5 Å². The SMILES string of the molecule is O=C(C=Cc1ccc2c(c1)OCO2)N(CC1CCCS1)c1ccn[nH]1. The molecule has 1 N–H and O–H groups in total. The van der Waals surface area contributed by atoms with Crippen molar-refractivity contribution in [1.82, 2.24) is 10.2 Å². The van der Waals surface area contributed by atoms with Crippen molar-refractivity contribution in [2.24, 2.45) is 0 Å². The molecule has 0 spiro atoms. The van der Waals surface area contributed by atoms with Crippen LogP contribution in [0.15, 0.2) is 36.5 Å². The van der Waals surface area contributed by atoms with Crippen LogP contribution in [-0.4, -0.2) is 40.4 Å². The van der Waals surface area contributed by atoms with Crippen LogP contribution in [0, 0.1) is 0 Å². The minimum absolute atomic E-state index is 0.0607. The number of thioether (sulfide) groups is 1. The molecule has 1 atom stereocenters. The van der Waals surface area contributed by atoms with Crippen molar-refractivity contribution >= 4 is 29.6 Å². The summed E-state index contributed by atoms with van der Waals surface area (Å²) in [4.78, 5) is 14.5. The van der Waals surface area contributed by atoms with Gasteiger partial charge in [0.15, 0.2) is 11.5 Å². The Kier molecular flexibility index (Phi) is 4.65. The van der Waals surface area contributed by atoms with Gasteiger partial charge < -0.3 is 9.47 Å². The number of aromatic amines is 1. The lowest BCUT2D eigenvalue weighted by atomic mass is 10.2. The molecule has 1 amide bonds. The van der Waals surface area contributed by atoms with Crippen molar-refractivity contribution in [1.29, 1.82) is 0 Å². The maximum Gasteiger partial charge on any atom is 0.252 e. The van der Waals surface area contributed by atoms with E-state index in [0.717, 1.165) is 23.6 Å². The van der Waals surface area contributed by atoms with E-state index in [1.807, 2.05) is 36.0 Å². The van der Waals surface area contributed by atoms with E-state index in [0.29, 0.717) is 17.5 Å². The molecule has 7 heteroatoms. The third-order valence-electron chi connectivity index (χ3n) is 4.27. The molecule has 2 aromatic rings. The van der Waals surface area contributed by atoms with E-state index in [9.17, 15) is 4.79 Å².